The van der Waals surface area contributed by atoms with Crippen LogP contribution in [0.1, 0.15) is 18.5 Å². The molecule has 3 nitrogen and oxygen atoms in total. The van der Waals surface area contributed by atoms with Crippen molar-refractivity contribution in [1.29, 1.82) is 0 Å². The molecule has 6 heteroatoms. The predicted octanol–water partition coefficient (Wildman–Crippen LogP) is 4.25. The second-order valence-corrected chi connectivity index (χ2v) is 7.78. The SMILES string of the molecule is C[C@@H](NS(=O)(=O)c1ccccc1Br)c1cccc(Br)c1. The third-order valence-corrected chi connectivity index (χ3v) is 5.85. The van der Waals surface area contributed by atoms with Gasteiger partial charge >= 0.3 is 0 Å². The smallest absolute Gasteiger partial charge is 0.207 e. The molecule has 2 aromatic carbocycles. The zero-order valence-electron chi connectivity index (χ0n) is 10.7. The largest absolute Gasteiger partial charge is 0.242 e. The molecule has 2 rings (SSSR count). The van der Waals surface area contributed by atoms with Crippen LogP contribution >= 0.6 is 31.9 Å². The number of hydrogen-bond donors (Lipinski definition) is 1. The Morgan fingerprint density at radius 3 is 2.40 bits per heavy atom. The highest BCUT2D eigenvalue weighted by atomic mass is 79.9. The van der Waals surface area contributed by atoms with Crippen LogP contribution in [0.3, 0.4) is 0 Å². The third-order valence-electron chi connectivity index (χ3n) is 2.81. The second-order valence-electron chi connectivity index (χ2n) is 4.33. The van der Waals surface area contributed by atoms with E-state index in [9.17, 15) is 8.42 Å². The second kappa shape index (κ2) is 6.39. The van der Waals surface area contributed by atoms with Crippen LogP contribution in [0.5, 0.6) is 0 Å². The van der Waals surface area contributed by atoms with Crippen molar-refractivity contribution in [2.24, 2.45) is 0 Å². The van der Waals surface area contributed by atoms with Crippen molar-refractivity contribution in [1.82, 2.24) is 4.72 Å². The molecule has 20 heavy (non-hydrogen) atoms. The molecule has 0 bridgehead atoms. The minimum atomic E-state index is -3.56. The van der Waals surface area contributed by atoms with E-state index in [0.717, 1.165) is 10.0 Å². The van der Waals surface area contributed by atoms with Gasteiger partial charge in [-0.05, 0) is 52.7 Å². The maximum atomic E-state index is 12.4. The van der Waals surface area contributed by atoms with Gasteiger partial charge in [-0.3, -0.25) is 0 Å². The van der Waals surface area contributed by atoms with Crippen LogP contribution in [-0.2, 0) is 10.0 Å². The molecule has 0 saturated carbocycles. The monoisotopic (exact) mass is 417 g/mol. The first-order valence-electron chi connectivity index (χ1n) is 5.92. The Balaban J connectivity index is 2.27. The topological polar surface area (TPSA) is 46.2 Å². The highest BCUT2D eigenvalue weighted by Gasteiger charge is 2.20. The molecule has 2 aromatic rings. The summed E-state index contributed by atoms with van der Waals surface area (Å²) in [5.74, 6) is 0. The van der Waals surface area contributed by atoms with Crippen molar-refractivity contribution >= 4 is 41.9 Å². The molecule has 0 fully saturated rings. The molecule has 0 heterocycles. The van der Waals surface area contributed by atoms with Gasteiger partial charge in [0.15, 0.2) is 0 Å². The summed E-state index contributed by atoms with van der Waals surface area (Å²) in [6, 6.07) is 14.0. The Kier molecular flexibility index (Phi) is 5.01. The number of rotatable bonds is 4. The molecule has 0 saturated heterocycles. The standard InChI is InChI=1S/C14H13Br2NO2S/c1-10(11-5-4-6-12(15)9-11)17-20(18,19)14-8-3-2-7-13(14)16/h2-10,17H,1H3/t10-/m1/s1. The Morgan fingerprint density at radius 1 is 1.05 bits per heavy atom. The molecule has 0 radical (unpaired) electrons. The van der Waals surface area contributed by atoms with Gasteiger partial charge in [0.1, 0.15) is 0 Å². The summed E-state index contributed by atoms with van der Waals surface area (Å²) in [6.45, 7) is 1.82. The Bertz CT molecular complexity index is 717. The van der Waals surface area contributed by atoms with E-state index in [0.29, 0.717) is 4.47 Å². The van der Waals surface area contributed by atoms with Crippen LogP contribution in [0, 0.1) is 0 Å². The van der Waals surface area contributed by atoms with Gasteiger partial charge < -0.3 is 0 Å². The lowest BCUT2D eigenvalue weighted by molar-refractivity contribution is 0.566. The first kappa shape index (κ1) is 15.7. The van der Waals surface area contributed by atoms with E-state index in [2.05, 4.69) is 36.6 Å². The molecular weight excluding hydrogens is 406 g/mol. The van der Waals surface area contributed by atoms with Crippen molar-refractivity contribution in [3.05, 3.63) is 63.0 Å². The zero-order chi connectivity index (χ0) is 14.8. The maximum absolute atomic E-state index is 12.4. The van der Waals surface area contributed by atoms with E-state index >= 15 is 0 Å². The highest BCUT2D eigenvalue weighted by molar-refractivity contribution is 9.10. The molecule has 1 N–H and O–H groups in total. The number of hydrogen-bond acceptors (Lipinski definition) is 2. The maximum Gasteiger partial charge on any atom is 0.242 e. The van der Waals surface area contributed by atoms with Gasteiger partial charge in [-0.2, -0.15) is 0 Å². The van der Waals surface area contributed by atoms with Crippen molar-refractivity contribution in [2.75, 3.05) is 0 Å². The van der Waals surface area contributed by atoms with Gasteiger partial charge in [0.05, 0.1) is 4.90 Å². The average molecular weight is 419 g/mol. The van der Waals surface area contributed by atoms with Crippen molar-refractivity contribution in [2.45, 2.75) is 17.9 Å². The van der Waals surface area contributed by atoms with Crippen molar-refractivity contribution in [3.63, 3.8) is 0 Å². The fraction of sp³-hybridized carbons (Fsp3) is 0.143. The minimum absolute atomic E-state index is 0.238. The van der Waals surface area contributed by atoms with E-state index in [-0.39, 0.29) is 10.9 Å². The van der Waals surface area contributed by atoms with Crippen LogP contribution in [0.4, 0.5) is 0 Å². The zero-order valence-corrected chi connectivity index (χ0v) is 14.7. The number of nitrogens with one attached hydrogen (secondary N) is 1. The van der Waals surface area contributed by atoms with Crippen molar-refractivity contribution in [3.8, 4) is 0 Å². The molecule has 0 spiro atoms. The number of benzene rings is 2. The molecule has 1 atom stereocenters. The van der Waals surface area contributed by atoms with Crippen LogP contribution in [0.2, 0.25) is 0 Å². The van der Waals surface area contributed by atoms with E-state index in [1.54, 1.807) is 24.3 Å². The van der Waals surface area contributed by atoms with E-state index in [1.807, 2.05) is 31.2 Å². The quantitative estimate of drug-likeness (QED) is 0.806. The first-order valence-corrected chi connectivity index (χ1v) is 8.99. The highest BCUT2D eigenvalue weighted by Crippen LogP contribution is 2.24. The van der Waals surface area contributed by atoms with Gasteiger partial charge in [-0.15, -0.1) is 0 Å². The first-order chi connectivity index (χ1) is 9.40. The molecule has 0 amide bonds. The number of halogens is 2. The minimum Gasteiger partial charge on any atom is -0.207 e. The summed E-state index contributed by atoms with van der Waals surface area (Å²) >= 11 is 6.65. The fourth-order valence-corrected chi connectivity index (χ4v) is 4.45. The summed E-state index contributed by atoms with van der Waals surface area (Å²) in [7, 11) is -3.56. The number of sulfonamides is 1. The molecule has 0 unspecified atom stereocenters. The summed E-state index contributed by atoms with van der Waals surface area (Å²) in [5, 5.41) is 0. The summed E-state index contributed by atoms with van der Waals surface area (Å²) in [6.07, 6.45) is 0. The van der Waals surface area contributed by atoms with Crippen molar-refractivity contribution < 1.29 is 8.42 Å². The van der Waals surface area contributed by atoms with Gasteiger partial charge in [-0.1, -0.05) is 40.2 Å². The van der Waals surface area contributed by atoms with Gasteiger partial charge in [-0.25, -0.2) is 13.1 Å². The Hall–Kier alpha value is -0.690. The van der Waals surface area contributed by atoms with Crippen LogP contribution in [0.25, 0.3) is 0 Å². The lowest BCUT2D eigenvalue weighted by Crippen LogP contribution is -2.27. The van der Waals surface area contributed by atoms with E-state index < -0.39 is 10.0 Å². The van der Waals surface area contributed by atoms with Crippen LogP contribution in [0.15, 0.2) is 62.4 Å². The summed E-state index contributed by atoms with van der Waals surface area (Å²) < 4.78 is 28.9. The van der Waals surface area contributed by atoms with Gasteiger partial charge in [0.25, 0.3) is 0 Å². The Morgan fingerprint density at radius 2 is 1.75 bits per heavy atom. The van der Waals surface area contributed by atoms with Crippen LogP contribution in [-0.4, -0.2) is 8.42 Å². The van der Waals surface area contributed by atoms with E-state index in [4.69, 9.17) is 0 Å². The fourth-order valence-electron chi connectivity index (χ4n) is 1.80. The summed E-state index contributed by atoms with van der Waals surface area (Å²) in [5.41, 5.74) is 0.898. The molecule has 0 aliphatic heterocycles. The summed E-state index contributed by atoms with van der Waals surface area (Å²) in [4.78, 5) is 0.238. The normalized spacial score (nSPS) is 13.2. The molecule has 0 aromatic heterocycles. The molecular formula is C14H13Br2NO2S. The average Bonchev–Trinajstić information content (AvgIpc) is 2.38. The van der Waals surface area contributed by atoms with Gasteiger partial charge in [0, 0.05) is 15.0 Å². The van der Waals surface area contributed by atoms with Gasteiger partial charge in [0.2, 0.25) is 10.0 Å². The van der Waals surface area contributed by atoms with E-state index in [1.165, 1.54) is 0 Å². The van der Waals surface area contributed by atoms with Crippen LogP contribution < -0.4 is 4.72 Å². The lowest BCUT2D eigenvalue weighted by Gasteiger charge is -2.15. The molecule has 0 aliphatic carbocycles. The Labute approximate surface area is 135 Å². The predicted molar refractivity (Wildman–Crippen MR) is 87.0 cm³/mol. The molecule has 0 aliphatic rings. The lowest BCUT2D eigenvalue weighted by atomic mass is 10.1. The molecule has 106 valence electrons. The third kappa shape index (κ3) is 3.69.